The first-order valence-electron chi connectivity index (χ1n) is 12.2. The minimum absolute atomic E-state index is 0.0853. The average Bonchev–Trinajstić information content (AvgIpc) is 3.12. The van der Waals surface area contributed by atoms with E-state index in [2.05, 4.69) is 12.2 Å². The number of fused-ring (bicyclic) bond motifs is 3. The van der Waals surface area contributed by atoms with Gasteiger partial charge in [-0.1, -0.05) is 0 Å². The maximum atomic E-state index is 13.5. The van der Waals surface area contributed by atoms with Crippen LogP contribution in [-0.4, -0.2) is 44.3 Å². The molecule has 2 saturated carbocycles. The number of amides is 1. The summed E-state index contributed by atoms with van der Waals surface area (Å²) in [4.78, 5) is 31.0. The quantitative estimate of drug-likeness (QED) is 0.576. The van der Waals surface area contributed by atoms with E-state index >= 15 is 0 Å². The summed E-state index contributed by atoms with van der Waals surface area (Å²) in [6, 6.07) is 4.47. The summed E-state index contributed by atoms with van der Waals surface area (Å²) in [6.07, 6.45) is 7.31. The summed E-state index contributed by atoms with van der Waals surface area (Å²) >= 11 is 0. The number of ether oxygens (including phenoxy) is 2. The molecule has 0 spiro atoms. The van der Waals surface area contributed by atoms with Gasteiger partial charge in [-0.3, -0.25) is 9.59 Å². The molecule has 3 fully saturated rings. The molecule has 1 aliphatic heterocycles. The van der Waals surface area contributed by atoms with Gasteiger partial charge in [-0.15, -0.1) is 0 Å². The van der Waals surface area contributed by atoms with Gasteiger partial charge in [-0.25, -0.2) is 9.37 Å². The van der Waals surface area contributed by atoms with Gasteiger partial charge >= 0.3 is 0 Å². The van der Waals surface area contributed by atoms with Crippen LogP contribution in [0.3, 0.4) is 0 Å². The molecule has 9 heteroatoms. The van der Waals surface area contributed by atoms with E-state index in [1.54, 1.807) is 24.5 Å². The minimum Gasteiger partial charge on any atom is -0.490 e. The van der Waals surface area contributed by atoms with Gasteiger partial charge in [0.1, 0.15) is 23.3 Å². The number of hydrogen-bond acceptors (Lipinski definition) is 5. The molecule has 4 heterocycles. The molecule has 6 rings (SSSR count). The van der Waals surface area contributed by atoms with E-state index in [0.717, 1.165) is 25.0 Å². The van der Waals surface area contributed by atoms with Crippen LogP contribution in [0.1, 0.15) is 68.5 Å². The van der Waals surface area contributed by atoms with Crippen LogP contribution < -0.4 is 15.6 Å². The molecule has 8 nitrogen and oxygen atoms in total. The van der Waals surface area contributed by atoms with E-state index in [1.165, 1.54) is 10.6 Å². The lowest BCUT2D eigenvalue weighted by Crippen LogP contribution is -2.26. The molecule has 1 saturated heterocycles. The minimum atomic E-state index is -1.02. The van der Waals surface area contributed by atoms with Crippen molar-refractivity contribution < 1.29 is 18.7 Å². The number of rotatable bonds is 6. The Morgan fingerprint density at radius 2 is 2.14 bits per heavy atom. The van der Waals surface area contributed by atoms with E-state index in [9.17, 15) is 14.0 Å². The number of anilines is 1. The van der Waals surface area contributed by atoms with Gasteiger partial charge in [-0.2, -0.15) is 0 Å². The number of carbonyl (C=O) groups excluding carboxylic acids is 1. The number of halogens is 1. The summed E-state index contributed by atoms with van der Waals surface area (Å²) in [5, 5.41) is 2.71. The number of pyridine rings is 2. The van der Waals surface area contributed by atoms with Crippen molar-refractivity contribution in [1.29, 1.82) is 0 Å². The number of alkyl halides is 1. The number of hydrogen-bond donors (Lipinski definition) is 1. The van der Waals surface area contributed by atoms with Crippen molar-refractivity contribution in [1.82, 2.24) is 14.0 Å². The highest BCUT2D eigenvalue weighted by Gasteiger charge is 2.55. The smallest absolute Gasteiger partial charge is 0.274 e. The van der Waals surface area contributed by atoms with Crippen molar-refractivity contribution in [3.63, 3.8) is 0 Å². The molecule has 2 bridgehead atoms. The van der Waals surface area contributed by atoms with Crippen LogP contribution in [0.5, 0.6) is 5.75 Å². The summed E-state index contributed by atoms with van der Waals surface area (Å²) < 4.78 is 28.7. The molecule has 0 aromatic carbocycles. The normalized spacial score (nSPS) is 29.2. The number of carbonyl (C=O) groups is 1. The molecule has 1 N–H and O–H groups in total. The number of nitrogens with one attached hydrogen (secondary N) is 1. The summed E-state index contributed by atoms with van der Waals surface area (Å²) in [7, 11) is 0. The van der Waals surface area contributed by atoms with Crippen LogP contribution in [0.25, 0.3) is 5.65 Å². The number of aromatic nitrogens is 3. The van der Waals surface area contributed by atoms with Crippen LogP contribution in [-0.2, 0) is 10.2 Å². The van der Waals surface area contributed by atoms with Gasteiger partial charge in [0.25, 0.3) is 11.5 Å². The third-order valence-electron chi connectivity index (χ3n) is 7.51. The van der Waals surface area contributed by atoms with E-state index in [4.69, 9.17) is 14.5 Å². The monoisotopic (exact) mass is 480 g/mol. The third kappa shape index (κ3) is 3.73. The van der Waals surface area contributed by atoms with Crippen LogP contribution in [0.4, 0.5) is 10.1 Å². The highest BCUT2D eigenvalue weighted by Crippen LogP contribution is 2.53. The second kappa shape index (κ2) is 7.65. The summed E-state index contributed by atoms with van der Waals surface area (Å²) in [5.41, 5.74) is 1.43. The van der Waals surface area contributed by atoms with Crippen molar-refractivity contribution in [2.24, 2.45) is 0 Å². The van der Waals surface area contributed by atoms with Gasteiger partial charge < -0.3 is 23.8 Å². The molecule has 1 amide bonds. The van der Waals surface area contributed by atoms with E-state index in [1.807, 2.05) is 24.4 Å². The predicted octanol–water partition coefficient (Wildman–Crippen LogP) is 4.03. The molecule has 2 aliphatic carbocycles. The Kier molecular flexibility index (Phi) is 4.87. The maximum Gasteiger partial charge on any atom is 0.274 e. The average molecular weight is 481 g/mol. The standard InChI is InChI=1S/C26H29FN4O4/c1-15(2)35-20-10-22-29-21(26-7-6-25(3,13-26)34-14-26)12-30(22)11-16(20)23(32)28-18-5-4-8-31(24(18)33)19-9-17(19)27/h4-5,8,10-12,15,17,19H,6-7,9,13-14H2,1-3H3,(H,28,32)/t17-,19-,25+,26+/m1/s1. The second-order valence-electron chi connectivity index (χ2n) is 10.7. The molecular weight excluding hydrogens is 451 g/mol. The number of imidazole rings is 1. The second-order valence-corrected chi connectivity index (χ2v) is 10.7. The zero-order chi connectivity index (χ0) is 24.5. The van der Waals surface area contributed by atoms with Gasteiger partial charge in [0.05, 0.1) is 35.6 Å². The van der Waals surface area contributed by atoms with Crippen LogP contribution in [0, 0.1) is 0 Å². The van der Waals surface area contributed by atoms with Crippen molar-refractivity contribution >= 4 is 17.2 Å². The fourth-order valence-electron chi connectivity index (χ4n) is 5.54. The first kappa shape index (κ1) is 22.3. The molecule has 3 aliphatic rings. The SMILES string of the molecule is CC(C)Oc1cc2nc([C@@]34CC[C@@](C)(C3)OC4)cn2cc1C(=O)Nc1cccn([C@@H]2C[C@H]2F)c1=O. The molecule has 0 radical (unpaired) electrons. The van der Waals surface area contributed by atoms with Gasteiger partial charge in [0.15, 0.2) is 0 Å². The van der Waals surface area contributed by atoms with E-state index < -0.39 is 23.7 Å². The fourth-order valence-corrected chi connectivity index (χ4v) is 5.54. The lowest BCUT2D eigenvalue weighted by Gasteiger charge is -2.24. The zero-order valence-corrected chi connectivity index (χ0v) is 20.1. The lowest BCUT2D eigenvalue weighted by molar-refractivity contribution is -0.00627. The first-order valence-corrected chi connectivity index (χ1v) is 12.2. The molecule has 3 aromatic rings. The molecule has 3 aromatic heterocycles. The zero-order valence-electron chi connectivity index (χ0n) is 20.1. The predicted molar refractivity (Wildman–Crippen MR) is 128 cm³/mol. The Morgan fingerprint density at radius 3 is 2.77 bits per heavy atom. The third-order valence-corrected chi connectivity index (χ3v) is 7.51. The maximum absolute atomic E-state index is 13.5. The van der Waals surface area contributed by atoms with E-state index in [-0.39, 0.29) is 28.4 Å². The Bertz CT molecular complexity index is 1390. The van der Waals surface area contributed by atoms with Crippen LogP contribution >= 0.6 is 0 Å². The van der Waals surface area contributed by atoms with Crippen molar-refractivity contribution in [3.05, 3.63) is 58.4 Å². The van der Waals surface area contributed by atoms with E-state index in [0.29, 0.717) is 24.4 Å². The van der Waals surface area contributed by atoms with Crippen molar-refractivity contribution in [2.45, 2.75) is 75.8 Å². The Morgan fingerprint density at radius 1 is 1.34 bits per heavy atom. The summed E-state index contributed by atoms with van der Waals surface area (Å²) in [5.74, 6) is -0.0862. The lowest BCUT2D eigenvalue weighted by atomic mass is 9.84. The Labute approximate surface area is 202 Å². The molecule has 4 atom stereocenters. The first-order chi connectivity index (χ1) is 16.7. The van der Waals surface area contributed by atoms with Crippen molar-refractivity contribution in [2.75, 3.05) is 11.9 Å². The topological polar surface area (TPSA) is 86.9 Å². The Balaban J connectivity index is 1.35. The Hall–Kier alpha value is -3.20. The molecule has 0 unspecified atom stereocenters. The fraction of sp³-hybridized carbons (Fsp3) is 0.500. The largest absolute Gasteiger partial charge is 0.490 e. The molecule has 184 valence electrons. The van der Waals surface area contributed by atoms with Gasteiger partial charge in [0.2, 0.25) is 0 Å². The molecule has 35 heavy (non-hydrogen) atoms. The van der Waals surface area contributed by atoms with Crippen LogP contribution in [0.2, 0.25) is 0 Å². The number of nitrogens with zero attached hydrogens (tertiary/aromatic N) is 3. The van der Waals surface area contributed by atoms with Gasteiger partial charge in [-0.05, 0) is 52.2 Å². The van der Waals surface area contributed by atoms with Crippen molar-refractivity contribution in [3.8, 4) is 5.75 Å². The molecular formula is C26H29FN4O4. The summed E-state index contributed by atoms with van der Waals surface area (Å²) in [6.45, 7) is 6.58. The highest BCUT2D eigenvalue weighted by molar-refractivity contribution is 6.06. The highest BCUT2D eigenvalue weighted by atomic mass is 19.1. The van der Waals surface area contributed by atoms with Crippen LogP contribution in [0.15, 0.2) is 41.6 Å². The van der Waals surface area contributed by atoms with Gasteiger partial charge in [0, 0.05) is 36.5 Å².